The first kappa shape index (κ1) is 35.6. The Morgan fingerprint density at radius 3 is 2.55 bits per heavy atom. The lowest BCUT2D eigenvalue weighted by atomic mass is 9.95. The third-order valence-corrected chi connectivity index (χ3v) is 10.3. The Hall–Kier alpha value is -5.25. The van der Waals surface area contributed by atoms with Gasteiger partial charge in [-0.1, -0.05) is 41.1 Å². The van der Waals surface area contributed by atoms with E-state index in [0.29, 0.717) is 60.6 Å². The molecule has 0 saturated carbocycles. The minimum absolute atomic E-state index is 0.123. The van der Waals surface area contributed by atoms with Crippen molar-refractivity contribution in [1.29, 1.82) is 0 Å². The van der Waals surface area contributed by atoms with E-state index in [4.69, 9.17) is 25.8 Å². The molecule has 6 rings (SSSR count). The number of non-ortho nitro benzene ring substituents is 1. The molecule has 1 aliphatic heterocycles. The number of carbonyl (C=O) groups is 1. The number of allylic oxidation sites excluding steroid dienone is 1. The van der Waals surface area contributed by atoms with Crippen LogP contribution in [0.15, 0.2) is 91.8 Å². The minimum Gasteiger partial charge on any atom is -0.493 e. The van der Waals surface area contributed by atoms with Crippen LogP contribution in [-0.2, 0) is 16.1 Å². The van der Waals surface area contributed by atoms with Gasteiger partial charge in [-0.3, -0.25) is 19.5 Å². The molecule has 3 heterocycles. The summed E-state index contributed by atoms with van der Waals surface area (Å²) >= 11 is 8.60. The number of aromatic nitrogens is 4. The summed E-state index contributed by atoms with van der Waals surface area (Å²) in [6.45, 7) is 6.01. The minimum atomic E-state index is -0.908. The zero-order valence-electron chi connectivity index (χ0n) is 28.1. The molecule has 0 saturated heterocycles. The molecule has 1 aliphatic rings. The van der Waals surface area contributed by atoms with Crippen LogP contribution in [0.5, 0.6) is 11.5 Å². The van der Waals surface area contributed by atoms with Crippen molar-refractivity contribution >= 4 is 52.4 Å². The number of halogens is 1. The van der Waals surface area contributed by atoms with Gasteiger partial charge in [-0.05, 0) is 80.1 Å². The van der Waals surface area contributed by atoms with Gasteiger partial charge in [0.1, 0.15) is 0 Å². The van der Waals surface area contributed by atoms with E-state index in [-0.39, 0.29) is 22.4 Å². The molecule has 0 spiro atoms. The Balaban J connectivity index is 1.51. The maximum Gasteiger partial charge on any atom is 0.338 e. The first-order chi connectivity index (χ1) is 24.6. The quantitative estimate of drug-likeness (QED) is 0.0920. The second-order valence-electron chi connectivity index (χ2n) is 11.1. The number of nitro groups is 1. The standard InChI is InChI=1S/C35H31ClN6O7S2/c1-6-40-31(21-9-8-10-23(36)15-21)38-39-35(40)50-27-14-12-24(42(45)46)16-22(27)18-28-32(43)41-30(20-11-13-25(47-4)26(17-20)48-5)29(33(44)49-7-2)19(3)37-34(41)51-28/h8-18,30H,6-7H2,1-5H3/b28-18+/t30-/m0/s1. The van der Waals surface area contributed by atoms with Crippen LogP contribution in [0.4, 0.5) is 5.69 Å². The Labute approximate surface area is 304 Å². The molecule has 3 aromatic carbocycles. The van der Waals surface area contributed by atoms with Crippen LogP contribution in [0.3, 0.4) is 0 Å². The fraction of sp³-hybridized carbons (Fsp3) is 0.229. The van der Waals surface area contributed by atoms with Gasteiger partial charge in [0.15, 0.2) is 27.3 Å². The van der Waals surface area contributed by atoms with Crippen LogP contribution in [0.1, 0.15) is 37.9 Å². The lowest BCUT2D eigenvalue weighted by Crippen LogP contribution is -2.40. The second kappa shape index (κ2) is 14.9. The van der Waals surface area contributed by atoms with E-state index in [1.54, 1.807) is 56.3 Å². The molecule has 2 aromatic heterocycles. The zero-order chi connectivity index (χ0) is 36.4. The lowest BCUT2D eigenvalue weighted by molar-refractivity contribution is -0.384. The third kappa shape index (κ3) is 6.92. The maximum atomic E-state index is 14.4. The van der Waals surface area contributed by atoms with Crippen molar-refractivity contribution in [3.8, 4) is 22.9 Å². The van der Waals surface area contributed by atoms with Gasteiger partial charge in [0.2, 0.25) is 0 Å². The fourth-order valence-electron chi connectivity index (χ4n) is 5.71. The number of esters is 1. The first-order valence-electron chi connectivity index (χ1n) is 15.6. The number of ether oxygens (including phenoxy) is 3. The highest BCUT2D eigenvalue weighted by Crippen LogP contribution is 2.37. The van der Waals surface area contributed by atoms with Gasteiger partial charge in [-0.15, -0.1) is 10.2 Å². The van der Waals surface area contributed by atoms with Crippen molar-refractivity contribution in [2.24, 2.45) is 4.99 Å². The van der Waals surface area contributed by atoms with Gasteiger partial charge in [-0.25, -0.2) is 9.79 Å². The van der Waals surface area contributed by atoms with E-state index in [1.165, 1.54) is 42.7 Å². The highest BCUT2D eigenvalue weighted by Gasteiger charge is 2.34. The van der Waals surface area contributed by atoms with Gasteiger partial charge in [0.25, 0.3) is 11.2 Å². The SMILES string of the molecule is CCOC(=O)C1=C(C)N=c2s/c(=C/c3cc([N+](=O)[O-])ccc3Sc3nnc(-c4cccc(Cl)c4)n3CC)c(=O)n2[C@H]1c1ccc(OC)c(OC)c1. The first-order valence-corrected chi connectivity index (χ1v) is 17.7. The molecule has 0 aliphatic carbocycles. The molecule has 13 nitrogen and oxygen atoms in total. The normalized spacial score (nSPS) is 14.2. The topological polar surface area (TPSA) is 153 Å². The molecule has 1 atom stereocenters. The number of rotatable bonds is 11. The van der Waals surface area contributed by atoms with E-state index in [1.807, 2.05) is 23.6 Å². The van der Waals surface area contributed by atoms with E-state index >= 15 is 0 Å². The number of hydrogen-bond acceptors (Lipinski definition) is 12. The third-order valence-electron chi connectivity index (χ3n) is 8.05. The van der Waals surface area contributed by atoms with Gasteiger partial charge in [-0.2, -0.15) is 0 Å². The highest BCUT2D eigenvalue weighted by atomic mass is 35.5. The van der Waals surface area contributed by atoms with Crippen molar-refractivity contribution < 1.29 is 23.9 Å². The summed E-state index contributed by atoms with van der Waals surface area (Å²) in [5.41, 5.74) is 1.76. The Bertz CT molecular complexity index is 2400. The molecular weight excluding hydrogens is 716 g/mol. The number of thiazole rings is 1. The Morgan fingerprint density at radius 1 is 1.08 bits per heavy atom. The van der Waals surface area contributed by atoms with Gasteiger partial charge in [0.05, 0.1) is 47.6 Å². The maximum absolute atomic E-state index is 14.4. The average Bonchev–Trinajstić information content (AvgIpc) is 3.67. The van der Waals surface area contributed by atoms with E-state index in [9.17, 15) is 19.7 Å². The van der Waals surface area contributed by atoms with Crippen LogP contribution in [0.25, 0.3) is 17.5 Å². The number of carbonyl (C=O) groups excluding carboxylic acids is 1. The number of fused-ring (bicyclic) bond motifs is 1. The number of nitro benzene ring substituents is 1. The predicted molar refractivity (Wildman–Crippen MR) is 193 cm³/mol. The summed E-state index contributed by atoms with van der Waals surface area (Å²) in [6, 6.07) is 16.0. The van der Waals surface area contributed by atoms with Crippen molar-refractivity contribution in [2.75, 3.05) is 20.8 Å². The lowest BCUT2D eigenvalue weighted by Gasteiger charge is -2.25. The molecule has 0 radical (unpaired) electrons. The monoisotopic (exact) mass is 746 g/mol. The van der Waals surface area contributed by atoms with E-state index in [0.717, 1.165) is 16.9 Å². The summed E-state index contributed by atoms with van der Waals surface area (Å²) in [5, 5.41) is 21.8. The number of methoxy groups -OCH3 is 2. The van der Waals surface area contributed by atoms with Crippen LogP contribution < -0.4 is 24.4 Å². The fourth-order valence-corrected chi connectivity index (χ4v) is 7.92. The van der Waals surface area contributed by atoms with Crippen molar-refractivity contribution in [3.05, 3.63) is 118 Å². The largest absolute Gasteiger partial charge is 0.493 e. The molecule has 16 heteroatoms. The predicted octanol–water partition coefficient (Wildman–Crippen LogP) is 5.81. The molecule has 0 fully saturated rings. The summed E-state index contributed by atoms with van der Waals surface area (Å²) in [7, 11) is 3.01. The van der Waals surface area contributed by atoms with Crippen LogP contribution >= 0.6 is 34.7 Å². The summed E-state index contributed by atoms with van der Waals surface area (Å²) in [6.07, 6.45) is 1.60. The van der Waals surface area contributed by atoms with Crippen molar-refractivity contribution in [3.63, 3.8) is 0 Å². The van der Waals surface area contributed by atoms with Gasteiger partial charge >= 0.3 is 5.97 Å². The van der Waals surface area contributed by atoms with Gasteiger partial charge < -0.3 is 18.8 Å². The van der Waals surface area contributed by atoms with Crippen LogP contribution in [0.2, 0.25) is 5.02 Å². The number of hydrogen-bond donors (Lipinski definition) is 0. The van der Waals surface area contributed by atoms with Gasteiger partial charge in [0, 0.05) is 34.2 Å². The average molecular weight is 747 g/mol. The van der Waals surface area contributed by atoms with Crippen molar-refractivity contribution in [1.82, 2.24) is 19.3 Å². The second-order valence-corrected chi connectivity index (χ2v) is 13.5. The van der Waals surface area contributed by atoms with Crippen LogP contribution in [-0.4, -0.2) is 51.1 Å². The molecule has 5 aromatic rings. The summed E-state index contributed by atoms with van der Waals surface area (Å²) in [5.74, 6) is 0.887. The van der Waals surface area contributed by atoms with Crippen molar-refractivity contribution in [2.45, 2.75) is 43.4 Å². The molecule has 51 heavy (non-hydrogen) atoms. The van der Waals surface area contributed by atoms with E-state index in [2.05, 4.69) is 15.2 Å². The number of nitrogens with zero attached hydrogens (tertiary/aromatic N) is 6. The Kier molecular flexibility index (Phi) is 10.4. The Morgan fingerprint density at radius 2 is 1.86 bits per heavy atom. The molecular formula is C35H31ClN6O7S2. The zero-order valence-corrected chi connectivity index (χ0v) is 30.5. The molecule has 0 N–H and O–H groups in total. The number of benzene rings is 3. The molecule has 262 valence electrons. The van der Waals surface area contributed by atoms with Crippen LogP contribution in [0, 0.1) is 10.1 Å². The molecule has 0 bridgehead atoms. The summed E-state index contributed by atoms with van der Waals surface area (Å²) < 4.78 is 20.0. The summed E-state index contributed by atoms with van der Waals surface area (Å²) in [4.78, 5) is 44.7. The molecule has 0 unspecified atom stereocenters. The smallest absolute Gasteiger partial charge is 0.338 e. The molecule has 0 amide bonds. The van der Waals surface area contributed by atoms with E-state index < -0.39 is 22.5 Å². The highest BCUT2D eigenvalue weighted by molar-refractivity contribution is 7.99.